The lowest BCUT2D eigenvalue weighted by molar-refractivity contribution is -0.130. The Balaban J connectivity index is 1.69. The molecule has 0 fully saturated rings. The predicted octanol–water partition coefficient (Wildman–Crippen LogP) is 1.86. The van der Waals surface area contributed by atoms with E-state index >= 15 is 0 Å². The molecule has 25 heavy (non-hydrogen) atoms. The van der Waals surface area contributed by atoms with Crippen molar-refractivity contribution in [3.63, 3.8) is 0 Å². The second-order valence-corrected chi connectivity index (χ2v) is 5.12. The molecule has 0 saturated carbocycles. The number of rotatable bonds is 6. The molecule has 2 amide bonds. The number of nitrogens with zero attached hydrogens (tertiary/aromatic N) is 1. The molecule has 0 aliphatic rings. The number of hydrogen-bond donors (Lipinski definition) is 2. The van der Waals surface area contributed by atoms with Gasteiger partial charge in [-0.05, 0) is 36.2 Å². The minimum Gasteiger partial charge on any atom is -0.482 e. The maximum Gasteiger partial charge on any atom is 0.276 e. The van der Waals surface area contributed by atoms with Crippen molar-refractivity contribution in [2.45, 2.75) is 12.8 Å². The minimum absolute atomic E-state index is 0.143. The van der Waals surface area contributed by atoms with E-state index in [0.29, 0.717) is 17.7 Å². The Labute approximate surface area is 144 Å². The van der Waals surface area contributed by atoms with Crippen molar-refractivity contribution in [1.29, 1.82) is 5.26 Å². The first-order valence-corrected chi connectivity index (χ1v) is 7.52. The van der Waals surface area contributed by atoms with Gasteiger partial charge in [0.15, 0.2) is 6.61 Å². The average Bonchev–Trinajstić information content (AvgIpc) is 2.64. The molecule has 0 unspecified atom stereocenters. The molecule has 2 N–H and O–H groups in total. The number of carbonyl (C=O) groups excluding carboxylic acids is 2. The summed E-state index contributed by atoms with van der Waals surface area (Å²) in [5.74, 6) is -0.973. The first-order valence-electron chi connectivity index (χ1n) is 7.52. The number of carbonyl (C=O) groups is 2. The lowest BCUT2D eigenvalue weighted by atomic mass is 10.1. The van der Waals surface area contributed by atoms with Gasteiger partial charge in [0.05, 0.1) is 5.56 Å². The normalized spacial score (nSPS) is 9.76. The number of hydrazine groups is 1. The highest BCUT2D eigenvalue weighted by atomic mass is 19.1. The fourth-order valence-corrected chi connectivity index (χ4v) is 1.98. The Morgan fingerprint density at radius 1 is 1.04 bits per heavy atom. The summed E-state index contributed by atoms with van der Waals surface area (Å²) in [6.07, 6.45) is 0.568. The van der Waals surface area contributed by atoms with Crippen molar-refractivity contribution >= 4 is 11.8 Å². The Hall–Kier alpha value is -3.40. The van der Waals surface area contributed by atoms with E-state index in [9.17, 15) is 14.0 Å². The van der Waals surface area contributed by atoms with Crippen LogP contribution in [0.4, 0.5) is 4.39 Å². The van der Waals surface area contributed by atoms with Gasteiger partial charge in [0.2, 0.25) is 5.91 Å². The summed E-state index contributed by atoms with van der Waals surface area (Å²) in [6.45, 7) is -0.336. The Morgan fingerprint density at radius 3 is 2.44 bits per heavy atom. The summed E-state index contributed by atoms with van der Waals surface area (Å²) in [6, 6.07) is 14.3. The number of nitrogens with one attached hydrogen (secondary N) is 2. The van der Waals surface area contributed by atoms with Crippen LogP contribution < -0.4 is 15.6 Å². The topological polar surface area (TPSA) is 91.2 Å². The average molecular weight is 341 g/mol. The molecule has 7 heteroatoms. The number of hydrogen-bond acceptors (Lipinski definition) is 4. The quantitative estimate of drug-likeness (QED) is 0.785. The van der Waals surface area contributed by atoms with E-state index in [1.54, 1.807) is 36.4 Å². The second kappa shape index (κ2) is 9.03. The van der Waals surface area contributed by atoms with Crippen LogP contribution in [0.15, 0.2) is 48.5 Å². The molecule has 2 aromatic carbocycles. The summed E-state index contributed by atoms with van der Waals surface area (Å²) < 4.78 is 18.0. The van der Waals surface area contributed by atoms with Gasteiger partial charge in [0.1, 0.15) is 17.6 Å². The molecule has 6 nitrogen and oxygen atoms in total. The van der Waals surface area contributed by atoms with Crippen LogP contribution in [0, 0.1) is 17.1 Å². The van der Waals surface area contributed by atoms with Gasteiger partial charge in [-0.1, -0.05) is 24.3 Å². The van der Waals surface area contributed by atoms with E-state index in [1.165, 1.54) is 12.1 Å². The molecule has 0 heterocycles. The Morgan fingerprint density at radius 2 is 1.72 bits per heavy atom. The van der Waals surface area contributed by atoms with Gasteiger partial charge in [-0.2, -0.15) is 5.26 Å². The maximum absolute atomic E-state index is 12.8. The first-order chi connectivity index (χ1) is 12.1. The van der Waals surface area contributed by atoms with Gasteiger partial charge >= 0.3 is 0 Å². The smallest absolute Gasteiger partial charge is 0.276 e. The van der Waals surface area contributed by atoms with E-state index in [2.05, 4.69) is 10.9 Å². The van der Waals surface area contributed by atoms with E-state index in [1.807, 2.05) is 6.07 Å². The van der Waals surface area contributed by atoms with Crippen molar-refractivity contribution < 1.29 is 18.7 Å². The third kappa shape index (κ3) is 5.95. The number of nitriles is 1. The van der Waals surface area contributed by atoms with Crippen LogP contribution in [-0.2, 0) is 16.0 Å². The van der Waals surface area contributed by atoms with Crippen LogP contribution in [0.25, 0.3) is 0 Å². The van der Waals surface area contributed by atoms with Gasteiger partial charge in [0, 0.05) is 6.42 Å². The maximum atomic E-state index is 12.8. The van der Waals surface area contributed by atoms with Crippen molar-refractivity contribution in [3.8, 4) is 11.8 Å². The standard InChI is InChI=1S/C18H16FN3O3/c19-15-8-5-13(6-9-15)7-10-17(23)21-22-18(24)12-25-16-4-2-1-3-14(16)11-20/h1-6,8-9H,7,10,12H2,(H,21,23)(H,22,24). The molecule has 0 aliphatic carbocycles. The van der Waals surface area contributed by atoms with Gasteiger partial charge in [-0.3, -0.25) is 20.4 Å². The van der Waals surface area contributed by atoms with E-state index in [-0.39, 0.29) is 24.8 Å². The third-order valence-electron chi connectivity index (χ3n) is 3.26. The molecular formula is C18H16FN3O3. The molecule has 0 aromatic heterocycles. The van der Waals surface area contributed by atoms with Crippen LogP contribution in [0.2, 0.25) is 0 Å². The number of aryl methyl sites for hydroxylation is 1. The summed E-state index contributed by atoms with van der Waals surface area (Å²) in [5.41, 5.74) is 5.64. The fourth-order valence-electron chi connectivity index (χ4n) is 1.98. The predicted molar refractivity (Wildman–Crippen MR) is 87.7 cm³/mol. The van der Waals surface area contributed by atoms with Crippen molar-refractivity contribution in [2.24, 2.45) is 0 Å². The molecule has 0 saturated heterocycles. The molecule has 0 radical (unpaired) electrons. The SMILES string of the molecule is N#Cc1ccccc1OCC(=O)NNC(=O)CCc1ccc(F)cc1. The van der Waals surface area contributed by atoms with Crippen LogP contribution >= 0.6 is 0 Å². The molecule has 128 valence electrons. The van der Waals surface area contributed by atoms with E-state index < -0.39 is 5.91 Å². The highest BCUT2D eigenvalue weighted by Crippen LogP contribution is 2.16. The zero-order valence-electron chi connectivity index (χ0n) is 13.3. The molecule has 0 spiro atoms. The number of amides is 2. The minimum atomic E-state index is -0.553. The van der Waals surface area contributed by atoms with Gasteiger partial charge in [0.25, 0.3) is 5.91 Å². The monoisotopic (exact) mass is 341 g/mol. The first kappa shape index (κ1) is 17.9. The third-order valence-corrected chi connectivity index (χ3v) is 3.26. The molecule has 0 aliphatic heterocycles. The Kier molecular flexibility index (Phi) is 6.48. The van der Waals surface area contributed by atoms with E-state index in [4.69, 9.17) is 10.00 Å². The highest BCUT2D eigenvalue weighted by Gasteiger charge is 2.08. The van der Waals surface area contributed by atoms with E-state index in [0.717, 1.165) is 5.56 Å². The van der Waals surface area contributed by atoms with Crippen molar-refractivity contribution in [1.82, 2.24) is 10.9 Å². The van der Waals surface area contributed by atoms with Crippen LogP contribution in [-0.4, -0.2) is 18.4 Å². The van der Waals surface area contributed by atoms with Crippen LogP contribution in [0.1, 0.15) is 17.5 Å². The molecule has 0 bridgehead atoms. The van der Waals surface area contributed by atoms with Crippen LogP contribution in [0.3, 0.4) is 0 Å². The lowest BCUT2D eigenvalue weighted by Gasteiger charge is -2.09. The largest absolute Gasteiger partial charge is 0.482 e. The number of benzene rings is 2. The van der Waals surface area contributed by atoms with Gasteiger partial charge in [-0.15, -0.1) is 0 Å². The molecule has 2 aromatic rings. The summed E-state index contributed by atoms with van der Waals surface area (Å²) >= 11 is 0. The lowest BCUT2D eigenvalue weighted by Crippen LogP contribution is -2.43. The van der Waals surface area contributed by atoms with Crippen molar-refractivity contribution in [3.05, 3.63) is 65.5 Å². The zero-order chi connectivity index (χ0) is 18.1. The Bertz CT molecular complexity index is 785. The fraction of sp³-hybridized carbons (Fsp3) is 0.167. The van der Waals surface area contributed by atoms with Gasteiger partial charge < -0.3 is 4.74 Å². The van der Waals surface area contributed by atoms with Gasteiger partial charge in [-0.25, -0.2) is 4.39 Å². The molecular weight excluding hydrogens is 325 g/mol. The number of para-hydroxylation sites is 1. The summed E-state index contributed by atoms with van der Waals surface area (Å²) in [5, 5.41) is 8.92. The number of ether oxygens (including phenoxy) is 1. The molecule has 0 atom stereocenters. The highest BCUT2D eigenvalue weighted by molar-refractivity contribution is 5.82. The number of halogens is 1. The zero-order valence-corrected chi connectivity index (χ0v) is 13.3. The molecule has 2 rings (SSSR count). The van der Waals surface area contributed by atoms with Crippen LogP contribution in [0.5, 0.6) is 5.75 Å². The summed E-state index contributed by atoms with van der Waals surface area (Å²) in [7, 11) is 0. The van der Waals surface area contributed by atoms with Crippen molar-refractivity contribution in [2.75, 3.05) is 6.61 Å². The summed E-state index contributed by atoms with van der Waals surface area (Å²) in [4.78, 5) is 23.3. The second-order valence-electron chi connectivity index (χ2n) is 5.12.